The van der Waals surface area contributed by atoms with Crippen LogP contribution in [0.5, 0.6) is 0 Å². The van der Waals surface area contributed by atoms with E-state index in [4.69, 9.17) is 4.42 Å². The largest absolute Gasteiger partial charge is 0.472 e. The highest BCUT2D eigenvalue weighted by molar-refractivity contribution is 5.94. The van der Waals surface area contributed by atoms with E-state index in [9.17, 15) is 19.7 Å². The van der Waals surface area contributed by atoms with E-state index in [0.717, 1.165) is 0 Å². The number of rotatable bonds is 4. The van der Waals surface area contributed by atoms with Crippen LogP contribution in [-0.4, -0.2) is 65.8 Å². The molecule has 1 aromatic heterocycles. The van der Waals surface area contributed by atoms with Gasteiger partial charge in [-0.25, -0.2) is 0 Å². The third kappa shape index (κ3) is 4.00. The summed E-state index contributed by atoms with van der Waals surface area (Å²) in [5.41, 5.74) is 1.22. The third-order valence-electron chi connectivity index (χ3n) is 5.91. The maximum absolute atomic E-state index is 13.0. The van der Waals surface area contributed by atoms with Gasteiger partial charge in [-0.1, -0.05) is 12.1 Å². The van der Waals surface area contributed by atoms with Gasteiger partial charge in [0.15, 0.2) is 0 Å². The molecular formula is C21H24N4O5. The first-order valence-corrected chi connectivity index (χ1v) is 10.1. The fourth-order valence-electron chi connectivity index (χ4n) is 4.21. The molecule has 158 valence electrons. The molecule has 9 nitrogen and oxygen atoms in total. The van der Waals surface area contributed by atoms with Gasteiger partial charge < -0.3 is 19.1 Å². The SMILES string of the molecule is O=C(c1ccoc1)N1CCC(C(=O)N2CCN(c3ccccc3[N+](=O)[O-])CC2)CC1. The molecule has 3 heterocycles. The molecule has 0 radical (unpaired) electrons. The van der Waals surface area contributed by atoms with E-state index in [1.165, 1.54) is 18.6 Å². The van der Waals surface area contributed by atoms with Crippen LogP contribution in [0.25, 0.3) is 0 Å². The number of nitro benzene ring substituents is 1. The second kappa shape index (κ2) is 8.56. The summed E-state index contributed by atoms with van der Waals surface area (Å²) in [7, 11) is 0. The zero-order valence-corrected chi connectivity index (χ0v) is 16.6. The molecule has 2 aliphatic rings. The molecular weight excluding hydrogens is 388 g/mol. The van der Waals surface area contributed by atoms with Crippen molar-refractivity contribution in [1.29, 1.82) is 0 Å². The van der Waals surface area contributed by atoms with E-state index in [1.54, 1.807) is 29.2 Å². The van der Waals surface area contributed by atoms with Crippen molar-refractivity contribution in [3.8, 4) is 0 Å². The molecule has 4 rings (SSSR count). The van der Waals surface area contributed by atoms with E-state index in [2.05, 4.69) is 0 Å². The number of nitro groups is 1. The Hall–Kier alpha value is -3.36. The molecule has 0 N–H and O–H groups in total. The number of benzene rings is 1. The number of furan rings is 1. The van der Waals surface area contributed by atoms with Crippen LogP contribution >= 0.6 is 0 Å². The van der Waals surface area contributed by atoms with Gasteiger partial charge >= 0.3 is 0 Å². The summed E-state index contributed by atoms with van der Waals surface area (Å²) in [6, 6.07) is 8.35. The lowest BCUT2D eigenvalue weighted by molar-refractivity contribution is -0.384. The van der Waals surface area contributed by atoms with Crippen molar-refractivity contribution in [2.24, 2.45) is 5.92 Å². The smallest absolute Gasteiger partial charge is 0.292 e. The van der Waals surface area contributed by atoms with E-state index >= 15 is 0 Å². The number of hydrogen-bond acceptors (Lipinski definition) is 6. The normalized spacial score (nSPS) is 17.8. The summed E-state index contributed by atoms with van der Waals surface area (Å²) in [6.07, 6.45) is 4.21. The fraction of sp³-hybridized carbons (Fsp3) is 0.429. The second-order valence-corrected chi connectivity index (χ2v) is 7.64. The Morgan fingerprint density at radius 2 is 1.67 bits per heavy atom. The average molecular weight is 412 g/mol. The van der Waals surface area contributed by atoms with Gasteiger partial charge in [0.25, 0.3) is 11.6 Å². The van der Waals surface area contributed by atoms with Crippen molar-refractivity contribution in [2.45, 2.75) is 12.8 Å². The van der Waals surface area contributed by atoms with Crippen LogP contribution in [0.3, 0.4) is 0 Å². The Bertz CT molecular complexity index is 913. The molecule has 0 aliphatic carbocycles. The number of para-hydroxylation sites is 2. The lowest BCUT2D eigenvalue weighted by Gasteiger charge is -2.39. The summed E-state index contributed by atoms with van der Waals surface area (Å²) in [5.74, 6) is -0.0312. The summed E-state index contributed by atoms with van der Waals surface area (Å²) < 4.78 is 4.98. The van der Waals surface area contributed by atoms with Crippen molar-refractivity contribution < 1.29 is 18.9 Å². The maximum Gasteiger partial charge on any atom is 0.292 e. The fourth-order valence-corrected chi connectivity index (χ4v) is 4.21. The Morgan fingerprint density at radius 1 is 0.967 bits per heavy atom. The molecule has 9 heteroatoms. The first-order chi connectivity index (χ1) is 14.5. The molecule has 0 saturated carbocycles. The number of amides is 2. The number of nitrogens with zero attached hydrogens (tertiary/aromatic N) is 4. The molecule has 2 aromatic rings. The van der Waals surface area contributed by atoms with Gasteiger partial charge in [0, 0.05) is 51.3 Å². The quantitative estimate of drug-likeness (QED) is 0.565. The van der Waals surface area contributed by atoms with E-state index in [-0.39, 0.29) is 28.3 Å². The van der Waals surface area contributed by atoms with Gasteiger partial charge in [-0.3, -0.25) is 19.7 Å². The van der Waals surface area contributed by atoms with Crippen molar-refractivity contribution in [3.63, 3.8) is 0 Å². The van der Waals surface area contributed by atoms with Crippen LogP contribution in [0.1, 0.15) is 23.2 Å². The van der Waals surface area contributed by atoms with Gasteiger partial charge in [-0.15, -0.1) is 0 Å². The molecule has 0 unspecified atom stereocenters. The highest BCUT2D eigenvalue weighted by atomic mass is 16.6. The Labute approximate surface area is 174 Å². The molecule has 0 bridgehead atoms. The van der Waals surface area contributed by atoms with Crippen LogP contribution in [-0.2, 0) is 4.79 Å². The predicted octanol–water partition coefficient (Wildman–Crippen LogP) is 2.39. The number of carbonyl (C=O) groups excluding carboxylic acids is 2. The molecule has 0 atom stereocenters. The van der Waals surface area contributed by atoms with Crippen molar-refractivity contribution in [1.82, 2.24) is 9.80 Å². The summed E-state index contributed by atoms with van der Waals surface area (Å²) in [6.45, 7) is 3.31. The Morgan fingerprint density at radius 3 is 2.30 bits per heavy atom. The summed E-state index contributed by atoms with van der Waals surface area (Å²) in [5, 5.41) is 11.3. The Kier molecular flexibility index (Phi) is 5.69. The van der Waals surface area contributed by atoms with Crippen molar-refractivity contribution in [2.75, 3.05) is 44.2 Å². The van der Waals surface area contributed by atoms with Crippen LogP contribution < -0.4 is 4.90 Å². The number of hydrogen-bond donors (Lipinski definition) is 0. The Balaban J connectivity index is 1.30. The zero-order valence-electron chi connectivity index (χ0n) is 16.6. The van der Waals surface area contributed by atoms with E-state index < -0.39 is 0 Å². The highest BCUT2D eigenvalue weighted by Gasteiger charge is 2.33. The first kappa shape index (κ1) is 19.9. The average Bonchev–Trinajstić information content (AvgIpc) is 3.33. The first-order valence-electron chi connectivity index (χ1n) is 10.1. The minimum Gasteiger partial charge on any atom is -0.472 e. The molecule has 30 heavy (non-hydrogen) atoms. The minimum atomic E-state index is -0.370. The molecule has 1 aromatic carbocycles. The van der Waals surface area contributed by atoms with Gasteiger partial charge in [-0.05, 0) is 25.0 Å². The molecule has 2 fully saturated rings. The number of carbonyl (C=O) groups is 2. The number of anilines is 1. The van der Waals surface area contributed by atoms with Gasteiger partial charge in [-0.2, -0.15) is 0 Å². The number of likely N-dealkylation sites (tertiary alicyclic amines) is 1. The summed E-state index contributed by atoms with van der Waals surface area (Å²) in [4.78, 5) is 41.8. The highest BCUT2D eigenvalue weighted by Crippen LogP contribution is 2.29. The lowest BCUT2D eigenvalue weighted by atomic mass is 9.94. The molecule has 2 saturated heterocycles. The standard InChI is InChI=1S/C21H24N4O5/c26-20(16-5-8-23(9-6-16)21(27)17-7-14-30-15-17)24-12-10-22(11-13-24)18-3-1-2-4-19(18)25(28)29/h1-4,7,14-16H,5-6,8-13H2. The van der Waals surface area contributed by atoms with Crippen LogP contribution in [0.2, 0.25) is 0 Å². The molecule has 2 amide bonds. The predicted molar refractivity (Wildman–Crippen MR) is 109 cm³/mol. The van der Waals surface area contributed by atoms with Crippen LogP contribution in [0.4, 0.5) is 11.4 Å². The van der Waals surface area contributed by atoms with Crippen molar-refractivity contribution in [3.05, 3.63) is 58.5 Å². The van der Waals surface area contributed by atoms with Gasteiger partial charge in [0.2, 0.25) is 5.91 Å². The van der Waals surface area contributed by atoms with Crippen LogP contribution in [0.15, 0.2) is 47.3 Å². The molecule has 2 aliphatic heterocycles. The zero-order chi connectivity index (χ0) is 21.1. The minimum absolute atomic E-state index is 0.0623. The van der Waals surface area contributed by atoms with Gasteiger partial charge in [0.1, 0.15) is 12.0 Å². The van der Waals surface area contributed by atoms with Gasteiger partial charge in [0.05, 0.1) is 16.7 Å². The summed E-state index contributed by atoms with van der Waals surface area (Å²) >= 11 is 0. The lowest BCUT2D eigenvalue weighted by Crippen LogP contribution is -2.52. The topological polar surface area (TPSA) is 100 Å². The monoisotopic (exact) mass is 412 g/mol. The molecule has 0 spiro atoms. The van der Waals surface area contributed by atoms with E-state index in [0.29, 0.717) is 63.4 Å². The van der Waals surface area contributed by atoms with Crippen LogP contribution in [0, 0.1) is 16.0 Å². The van der Waals surface area contributed by atoms with Crippen molar-refractivity contribution >= 4 is 23.2 Å². The maximum atomic E-state index is 13.0. The van der Waals surface area contributed by atoms with E-state index in [1.807, 2.05) is 9.80 Å². The third-order valence-corrected chi connectivity index (χ3v) is 5.91. The number of piperidine rings is 1. The number of piperazine rings is 1. The second-order valence-electron chi connectivity index (χ2n) is 7.64.